The van der Waals surface area contributed by atoms with Gasteiger partial charge in [-0.25, -0.2) is 0 Å². The molecule has 5 aromatic rings. The average molecular weight is 408 g/mol. The van der Waals surface area contributed by atoms with Crippen LogP contribution in [-0.2, 0) is 6.42 Å². The Hall–Kier alpha value is -4.05. The second-order valence-corrected chi connectivity index (χ2v) is 7.28. The maximum atomic E-state index is 12.9. The predicted molar refractivity (Wildman–Crippen MR) is 122 cm³/mol. The number of ether oxygens (including phenoxy) is 2. The summed E-state index contributed by atoms with van der Waals surface area (Å²) in [5.41, 5.74) is 1.46. The monoisotopic (exact) mass is 408 g/mol. The molecule has 1 heterocycles. The summed E-state index contributed by atoms with van der Waals surface area (Å²) in [7, 11) is 0. The predicted octanol–water partition coefficient (Wildman–Crippen LogP) is 6.36. The van der Waals surface area contributed by atoms with Gasteiger partial charge in [-0.15, -0.1) is 0 Å². The van der Waals surface area contributed by atoms with E-state index in [4.69, 9.17) is 13.9 Å². The van der Waals surface area contributed by atoms with E-state index < -0.39 is 0 Å². The molecular formula is C27H20O4. The van der Waals surface area contributed by atoms with E-state index in [1.54, 1.807) is 18.2 Å². The minimum Gasteiger partial charge on any atom is -0.493 e. The topological polar surface area (TPSA) is 48.7 Å². The summed E-state index contributed by atoms with van der Waals surface area (Å²) in [6, 6.07) is 29.1. The van der Waals surface area contributed by atoms with Gasteiger partial charge in [-0.2, -0.15) is 0 Å². The standard InChI is InChI=1S/C27H20O4/c28-27-24-13-12-22(29-15-14-19-6-2-1-3-7-19)17-25(24)30-18-26(27)31-23-11-10-20-8-4-5-9-21(20)16-23/h1-13,16-18H,14-15H2. The summed E-state index contributed by atoms with van der Waals surface area (Å²) in [4.78, 5) is 12.9. The van der Waals surface area contributed by atoms with Gasteiger partial charge in [-0.3, -0.25) is 4.79 Å². The molecule has 4 aromatic carbocycles. The molecule has 5 rings (SSSR count). The van der Waals surface area contributed by atoms with Crippen LogP contribution in [0, 0.1) is 0 Å². The van der Waals surface area contributed by atoms with Crippen LogP contribution in [-0.4, -0.2) is 6.61 Å². The third kappa shape index (κ3) is 4.14. The fraction of sp³-hybridized carbons (Fsp3) is 0.0741. The van der Waals surface area contributed by atoms with E-state index in [0.717, 1.165) is 17.2 Å². The van der Waals surface area contributed by atoms with Crippen molar-refractivity contribution in [3.8, 4) is 17.2 Å². The van der Waals surface area contributed by atoms with Gasteiger partial charge in [0.25, 0.3) is 0 Å². The maximum Gasteiger partial charge on any atom is 0.235 e. The van der Waals surface area contributed by atoms with Gasteiger partial charge in [0, 0.05) is 12.5 Å². The first-order valence-electron chi connectivity index (χ1n) is 10.2. The van der Waals surface area contributed by atoms with Crippen molar-refractivity contribution in [1.29, 1.82) is 0 Å². The van der Waals surface area contributed by atoms with Crippen LogP contribution in [0.4, 0.5) is 0 Å². The summed E-state index contributed by atoms with van der Waals surface area (Å²) >= 11 is 0. The van der Waals surface area contributed by atoms with Gasteiger partial charge in [0.2, 0.25) is 11.2 Å². The third-order valence-electron chi connectivity index (χ3n) is 5.17. The molecular weight excluding hydrogens is 388 g/mol. The van der Waals surface area contributed by atoms with Crippen LogP contribution in [0.3, 0.4) is 0 Å². The second kappa shape index (κ2) is 8.36. The molecule has 31 heavy (non-hydrogen) atoms. The lowest BCUT2D eigenvalue weighted by atomic mass is 10.1. The highest BCUT2D eigenvalue weighted by molar-refractivity contribution is 5.84. The SMILES string of the molecule is O=c1c(Oc2ccc3ccccc3c2)coc2cc(OCCc3ccccc3)ccc12. The van der Waals surface area contributed by atoms with E-state index >= 15 is 0 Å². The minimum atomic E-state index is -0.217. The van der Waals surface area contributed by atoms with Crippen LogP contribution in [0.25, 0.3) is 21.7 Å². The molecule has 0 fully saturated rings. The molecule has 152 valence electrons. The molecule has 0 aliphatic rings. The number of benzene rings is 4. The summed E-state index contributed by atoms with van der Waals surface area (Å²) < 4.78 is 17.3. The number of hydrogen-bond acceptors (Lipinski definition) is 4. The fourth-order valence-electron chi connectivity index (χ4n) is 3.54. The molecule has 0 atom stereocenters. The van der Waals surface area contributed by atoms with Crippen LogP contribution in [0.15, 0.2) is 106 Å². The Bertz CT molecular complexity index is 1400. The van der Waals surface area contributed by atoms with Crippen molar-refractivity contribution in [3.05, 3.63) is 113 Å². The largest absolute Gasteiger partial charge is 0.493 e. The molecule has 4 heteroatoms. The first kappa shape index (κ1) is 18.9. The quantitative estimate of drug-likeness (QED) is 0.328. The molecule has 0 N–H and O–H groups in total. The summed E-state index contributed by atoms with van der Waals surface area (Å²) in [6.45, 7) is 0.545. The summed E-state index contributed by atoms with van der Waals surface area (Å²) in [5.74, 6) is 1.40. The van der Waals surface area contributed by atoms with Crippen molar-refractivity contribution in [2.75, 3.05) is 6.61 Å². The highest BCUT2D eigenvalue weighted by Crippen LogP contribution is 2.26. The lowest BCUT2D eigenvalue weighted by Gasteiger charge is -2.09. The highest BCUT2D eigenvalue weighted by Gasteiger charge is 2.11. The zero-order chi connectivity index (χ0) is 21.0. The van der Waals surface area contributed by atoms with E-state index in [1.165, 1.54) is 11.8 Å². The van der Waals surface area contributed by atoms with Crippen molar-refractivity contribution in [3.63, 3.8) is 0 Å². The Labute approximate surface area is 179 Å². The zero-order valence-electron chi connectivity index (χ0n) is 16.8. The first-order valence-corrected chi connectivity index (χ1v) is 10.2. The van der Waals surface area contributed by atoms with Crippen LogP contribution in [0.2, 0.25) is 0 Å². The molecule has 0 unspecified atom stereocenters. The van der Waals surface area contributed by atoms with E-state index in [9.17, 15) is 4.79 Å². The van der Waals surface area contributed by atoms with Gasteiger partial charge in [0.1, 0.15) is 23.3 Å². The highest BCUT2D eigenvalue weighted by atomic mass is 16.5. The van der Waals surface area contributed by atoms with Crippen molar-refractivity contribution < 1.29 is 13.9 Å². The van der Waals surface area contributed by atoms with Gasteiger partial charge in [-0.05, 0) is 40.6 Å². The third-order valence-corrected chi connectivity index (χ3v) is 5.17. The molecule has 1 aromatic heterocycles. The Balaban J connectivity index is 1.34. The lowest BCUT2D eigenvalue weighted by molar-refractivity contribution is 0.322. The lowest BCUT2D eigenvalue weighted by Crippen LogP contribution is -2.05. The van der Waals surface area contributed by atoms with E-state index in [-0.39, 0.29) is 11.2 Å². The van der Waals surface area contributed by atoms with Crippen molar-refractivity contribution >= 4 is 21.7 Å². The average Bonchev–Trinajstić information content (AvgIpc) is 2.81. The zero-order valence-corrected chi connectivity index (χ0v) is 16.8. The molecule has 0 spiro atoms. The fourth-order valence-corrected chi connectivity index (χ4v) is 3.54. The van der Waals surface area contributed by atoms with Gasteiger partial charge in [0.15, 0.2) is 0 Å². The van der Waals surface area contributed by atoms with E-state index in [2.05, 4.69) is 12.1 Å². The molecule has 0 radical (unpaired) electrons. The van der Waals surface area contributed by atoms with Crippen LogP contribution in [0.5, 0.6) is 17.2 Å². The number of hydrogen-bond donors (Lipinski definition) is 0. The molecule has 0 amide bonds. The Kier molecular flexibility index (Phi) is 5.11. The molecule has 0 bridgehead atoms. The normalized spacial score (nSPS) is 11.0. The van der Waals surface area contributed by atoms with Crippen LogP contribution >= 0.6 is 0 Å². The molecule has 4 nitrogen and oxygen atoms in total. The Morgan fingerprint density at radius 3 is 2.39 bits per heavy atom. The minimum absolute atomic E-state index is 0.153. The van der Waals surface area contributed by atoms with E-state index in [1.807, 2.05) is 60.7 Å². The Morgan fingerprint density at radius 2 is 1.52 bits per heavy atom. The smallest absolute Gasteiger partial charge is 0.235 e. The first-order chi connectivity index (χ1) is 15.3. The van der Waals surface area contributed by atoms with Crippen molar-refractivity contribution in [2.24, 2.45) is 0 Å². The second-order valence-electron chi connectivity index (χ2n) is 7.28. The van der Waals surface area contributed by atoms with Gasteiger partial charge in [-0.1, -0.05) is 60.7 Å². The van der Waals surface area contributed by atoms with Gasteiger partial charge in [0.05, 0.1) is 12.0 Å². The molecule has 0 saturated carbocycles. The maximum absolute atomic E-state index is 12.9. The summed E-state index contributed by atoms with van der Waals surface area (Å²) in [6.07, 6.45) is 2.16. The van der Waals surface area contributed by atoms with Crippen molar-refractivity contribution in [1.82, 2.24) is 0 Å². The molecule has 0 aliphatic carbocycles. The van der Waals surface area contributed by atoms with Crippen LogP contribution in [0.1, 0.15) is 5.56 Å². The number of rotatable bonds is 6. The number of fused-ring (bicyclic) bond motifs is 2. The summed E-state index contributed by atoms with van der Waals surface area (Å²) in [5, 5.41) is 2.61. The molecule has 0 saturated heterocycles. The van der Waals surface area contributed by atoms with E-state index in [0.29, 0.717) is 29.1 Å². The van der Waals surface area contributed by atoms with Crippen molar-refractivity contribution in [2.45, 2.75) is 6.42 Å². The molecule has 0 aliphatic heterocycles. The Morgan fingerprint density at radius 1 is 0.742 bits per heavy atom. The van der Waals surface area contributed by atoms with Gasteiger partial charge >= 0.3 is 0 Å². The van der Waals surface area contributed by atoms with Gasteiger partial charge < -0.3 is 13.9 Å². The van der Waals surface area contributed by atoms with Crippen LogP contribution < -0.4 is 14.9 Å².